The summed E-state index contributed by atoms with van der Waals surface area (Å²) in [5, 5.41) is 38.7. The fourth-order valence-corrected chi connectivity index (χ4v) is 4.40. The molecule has 5 heteroatoms. The first-order valence-electron chi connectivity index (χ1n) is 10.8. The van der Waals surface area contributed by atoms with Gasteiger partial charge in [0.05, 0.1) is 24.3 Å². The van der Waals surface area contributed by atoms with Crippen LogP contribution in [0.15, 0.2) is 54.6 Å². The lowest BCUT2D eigenvalue weighted by atomic mass is 9.75. The van der Waals surface area contributed by atoms with Crippen LogP contribution in [0.5, 0.6) is 0 Å². The van der Waals surface area contributed by atoms with Crippen molar-refractivity contribution in [3.63, 3.8) is 0 Å². The summed E-state index contributed by atoms with van der Waals surface area (Å²) in [5.41, 5.74) is 6.29. The highest BCUT2D eigenvalue weighted by Gasteiger charge is 2.35. The van der Waals surface area contributed by atoms with Crippen LogP contribution in [0.25, 0.3) is 11.1 Å². The molecule has 0 spiro atoms. The van der Waals surface area contributed by atoms with Crippen molar-refractivity contribution < 1.29 is 0 Å². The second-order valence-corrected chi connectivity index (χ2v) is 8.66. The summed E-state index contributed by atoms with van der Waals surface area (Å²) in [6.07, 6.45) is 0. The van der Waals surface area contributed by atoms with E-state index in [2.05, 4.69) is 12.1 Å². The zero-order valence-corrected chi connectivity index (χ0v) is 20.0. The van der Waals surface area contributed by atoms with Crippen LogP contribution in [0.3, 0.4) is 0 Å². The molecular formula is C29H25N5. The van der Waals surface area contributed by atoms with Crippen LogP contribution in [0.1, 0.15) is 39.3 Å². The molecule has 0 unspecified atom stereocenters. The second kappa shape index (κ2) is 9.50. The van der Waals surface area contributed by atoms with Crippen LogP contribution in [0, 0.1) is 66.1 Å². The van der Waals surface area contributed by atoms with Crippen molar-refractivity contribution in [3.05, 3.63) is 88.0 Å². The van der Waals surface area contributed by atoms with E-state index in [0.29, 0.717) is 16.7 Å². The third-order valence-corrected chi connectivity index (χ3v) is 6.26. The van der Waals surface area contributed by atoms with Gasteiger partial charge in [0, 0.05) is 19.8 Å². The number of rotatable bonds is 5. The molecule has 0 fully saturated rings. The van der Waals surface area contributed by atoms with Gasteiger partial charge in [0.15, 0.2) is 11.3 Å². The number of hydrogen-bond donors (Lipinski definition) is 0. The number of benzene rings is 3. The molecule has 0 amide bonds. The Kier molecular flexibility index (Phi) is 6.73. The lowest BCUT2D eigenvalue weighted by molar-refractivity contribution is 0.844. The molecule has 0 saturated heterocycles. The molecule has 0 aliphatic heterocycles. The molecule has 0 N–H and O–H groups in total. The van der Waals surface area contributed by atoms with E-state index in [4.69, 9.17) is 0 Å². The number of nitriles is 4. The van der Waals surface area contributed by atoms with Crippen molar-refractivity contribution in [1.29, 1.82) is 21.0 Å². The van der Waals surface area contributed by atoms with E-state index in [1.54, 1.807) is 0 Å². The fourth-order valence-electron chi connectivity index (χ4n) is 4.40. The van der Waals surface area contributed by atoms with Gasteiger partial charge in [-0.3, -0.25) is 0 Å². The number of hydrogen-bond acceptors (Lipinski definition) is 5. The van der Waals surface area contributed by atoms with Gasteiger partial charge < -0.3 is 4.90 Å². The quantitative estimate of drug-likeness (QED) is 0.495. The Morgan fingerprint density at radius 1 is 0.706 bits per heavy atom. The molecular weight excluding hydrogens is 418 g/mol. The largest absolute Gasteiger partial charge is 0.377 e. The lowest BCUT2D eigenvalue weighted by Crippen LogP contribution is -2.24. The normalized spacial score (nSPS) is 10.6. The minimum atomic E-state index is -1.43. The smallest absolute Gasteiger partial charge is 0.193 e. The highest BCUT2D eigenvalue weighted by Crippen LogP contribution is 2.37. The van der Waals surface area contributed by atoms with Crippen molar-refractivity contribution in [1.82, 2.24) is 0 Å². The molecule has 3 rings (SSSR count). The summed E-state index contributed by atoms with van der Waals surface area (Å²) < 4.78 is 0. The number of nitrogens with zero attached hydrogens (tertiary/aromatic N) is 5. The van der Waals surface area contributed by atoms with E-state index >= 15 is 0 Å². The van der Waals surface area contributed by atoms with E-state index in [1.165, 1.54) is 0 Å². The average molecular weight is 444 g/mol. The summed E-state index contributed by atoms with van der Waals surface area (Å²) in [4.78, 5) is 2.00. The standard InChI is InChI=1S/C29H25N5/c1-19-12-22(6-9-27(19)23(15-30)16-31)26-10-7-24(13-20(26)2)29(17-32,18-33)25-8-11-28(34(4)5)21(3)14-25/h6-14,23H,1-5H3. The molecule has 34 heavy (non-hydrogen) atoms. The minimum absolute atomic E-state index is 0.623. The summed E-state index contributed by atoms with van der Waals surface area (Å²) in [6, 6.07) is 25.6. The van der Waals surface area contributed by atoms with Gasteiger partial charge in [-0.05, 0) is 71.3 Å². The SMILES string of the molecule is Cc1cc(C(C#N)(C#N)c2ccc(N(C)C)c(C)c2)ccc1-c1ccc(C(C#N)C#N)c(C)c1. The summed E-state index contributed by atoms with van der Waals surface area (Å²) in [7, 11) is 3.92. The highest BCUT2D eigenvalue weighted by atomic mass is 15.1. The third-order valence-electron chi connectivity index (χ3n) is 6.26. The van der Waals surface area contributed by atoms with Gasteiger partial charge in [0.1, 0.15) is 0 Å². The van der Waals surface area contributed by atoms with E-state index in [-0.39, 0.29) is 0 Å². The summed E-state index contributed by atoms with van der Waals surface area (Å²) >= 11 is 0. The van der Waals surface area contributed by atoms with Crippen LogP contribution < -0.4 is 4.90 Å². The number of aryl methyl sites for hydroxylation is 3. The maximum atomic E-state index is 10.2. The predicted octanol–water partition coefficient (Wildman–Crippen LogP) is 5.81. The Hall–Kier alpha value is -4.58. The van der Waals surface area contributed by atoms with Gasteiger partial charge in [-0.2, -0.15) is 21.0 Å². The van der Waals surface area contributed by atoms with E-state index in [1.807, 2.05) is 107 Å². The van der Waals surface area contributed by atoms with Gasteiger partial charge >= 0.3 is 0 Å². The van der Waals surface area contributed by atoms with Crippen molar-refractivity contribution in [2.75, 3.05) is 19.0 Å². The topological polar surface area (TPSA) is 98.4 Å². The molecule has 166 valence electrons. The molecule has 5 nitrogen and oxygen atoms in total. The molecule has 0 heterocycles. The maximum Gasteiger partial charge on any atom is 0.193 e. The van der Waals surface area contributed by atoms with Crippen molar-refractivity contribution in [2.45, 2.75) is 32.1 Å². The van der Waals surface area contributed by atoms with Crippen LogP contribution in [0.4, 0.5) is 5.69 Å². The highest BCUT2D eigenvalue weighted by molar-refractivity contribution is 5.71. The Balaban J connectivity index is 2.09. The first-order chi connectivity index (χ1) is 16.2. The molecule has 0 radical (unpaired) electrons. The Labute approximate surface area is 201 Å². The molecule has 0 aliphatic rings. The van der Waals surface area contributed by atoms with E-state index in [0.717, 1.165) is 33.5 Å². The van der Waals surface area contributed by atoms with E-state index < -0.39 is 11.3 Å². The van der Waals surface area contributed by atoms with Crippen LogP contribution in [0.2, 0.25) is 0 Å². The summed E-state index contributed by atoms with van der Waals surface area (Å²) in [5.74, 6) is -0.799. The van der Waals surface area contributed by atoms with Crippen molar-refractivity contribution in [2.24, 2.45) is 0 Å². The Morgan fingerprint density at radius 2 is 1.29 bits per heavy atom. The number of anilines is 1. The van der Waals surface area contributed by atoms with Crippen LogP contribution in [-0.2, 0) is 5.41 Å². The zero-order chi connectivity index (χ0) is 25.0. The van der Waals surface area contributed by atoms with Crippen LogP contribution >= 0.6 is 0 Å². The zero-order valence-electron chi connectivity index (χ0n) is 20.0. The molecule has 0 aliphatic carbocycles. The Morgan fingerprint density at radius 3 is 1.76 bits per heavy atom. The lowest BCUT2D eigenvalue weighted by Gasteiger charge is -2.24. The summed E-state index contributed by atoms with van der Waals surface area (Å²) in [6.45, 7) is 5.82. The molecule has 0 aromatic heterocycles. The molecule has 3 aromatic carbocycles. The third kappa shape index (κ3) is 4.09. The molecule has 0 saturated carbocycles. The van der Waals surface area contributed by atoms with Crippen molar-refractivity contribution >= 4 is 5.69 Å². The molecule has 0 bridgehead atoms. The minimum Gasteiger partial charge on any atom is -0.377 e. The second-order valence-electron chi connectivity index (χ2n) is 8.66. The predicted molar refractivity (Wildman–Crippen MR) is 133 cm³/mol. The first kappa shape index (κ1) is 24.1. The van der Waals surface area contributed by atoms with Gasteiger partial charge in [-0.1, -0.05) is 48.5 Å². The van der Waals surface area contributed by atoms with Gasteiger partial charge in [-0.15, -0.1) is 0 Å². The van der Waals surface area contributed by atoms with Gasteiger partial charge in [0.2, 0.25) is 0 Å². The van der Waals surface area contributed by atoms with Gasteiger partial charge in [0.25, 0.3) is 0 Å². The molecule has 0 atom stereocenters. The average Bonchev–Trinajstić information content (AvgIpc) is 2.82. The van der Waals surface area contributed by atoms with Crippen LogP contribution in [-0.4, -0.2) is 14.1 Å². The molecule has 3 aromatic rings. The van der Waals surface area contributed by atoms with Crippen molar-refractivity contribution in [3.8, 4) is 35.4 Å². The maximum absolute atomic E-state index is 10.2. The van der Waals surface area contributed by atoms with E-state index in [9.17, 15) is 21.0 Å². The monoisotopic (exact) mass is 443 g/mol. The Bertz CT molecular complexity index is 1390. The van der Waals surface area contributed by atoms with Gasteiger partial charge in [-0.25, -0.2) is 0 Å². The first-order valence-corrected chi connectivity index (χ1v) is 10.8. The fraction of sp³-hybridized carbons (Fsp3) is 0.241.